The van der Waals surface area contributed by atoms with Crippen LogP contribution >= 0.6 is 0 Å². The molecule has 0 rings (SSSR count). The third-order valence-electron chi connectivity index (χ3n) is 2.64. The maximum Gasteiger partial charge on any atom is 0.225 e. The average molecular weight is 272 g/mol. The van der Waals surface area contributed by atoms with Crippen LogP contribution in [-0.2, 0) is 9.59 Å². The average Bonchev–Trinajstić information content (AvgIpc) is 2.20. The van der Waals surface area contributed by atoms with Crippen LogP contribution in [0, 0.1) is 10.8 Å². The zero-order chi connectivity index (χ0) is 15.4. The van der Waals surface area contributed by atoms with E-state index in [-0.39, 0.29) is 23.7 Å². The molecule has 0 aromatic rings. The summed E-state index contributed by atoms with van der Waals surface area (Å²) in [6.45, 7) is 11.1. The smallest absolute Gasteiger partial charge is 0.225 e. The van der Waals surface area contributed by atoms with Crippen LogP contribution in [0.15, 0.2) is 0 Å². The summed E-state index contributed by atoms with van der Waals surface area (Å²) in [6.07, 6.45) is -0.750. The summed E-state index contributed by atoms with van der Waals surface area (Å²) in [6, 6.07) is -0.959. The molecule has 1 amide bonds. The van der Waals surface area contributed by atoms with Crippen LogP contribution in [0.3, 0.4) is 0 Å². The van der Waals surface area contributed by atoms with E-state index in [1.54, 1.807) is 20.8 Å². The molecule has 2 atom stereocenters. The third-order valence-corrected chi connectivity index (χ3v) is 2.64. The summed E-state index contributed by atoms with van der Waals surface area (Å²) < 4.78 is 0. The van der Waals surface area contributed by atoms with Gasteiger partial charge in [0.05, 0.1) is 12.1 Å². The molecule has 0 radical (unpaired) electrons. The Balaban J connectivity index is 4.32. The number of carbonyl (C=O) groups excluding carboxylic acids is 2. The maximum absolute atomic E-state index is 11.8. The summed E-state index contributed by atoms with van der Waals surface area (Å²) in [5.41, 5.74) is 5.02. The zero-order valence-corrected chi connectivity index (χ0v) is 12.9. The van der Waals surface area contributed by atoms with Crippen LogP contribution in [0.2, 0.25) is 0 Å². The van der Waals surface area contributed by atoms with Crippen molar-refractivity contribution >= 4 is 11.7 Å². The van der Waals surface area contributed by atoms with Gasteiger partial charge in [0.15, 0.2) is 5.78 Å². The Morgan fingerprint density at radius 3 is 2.00 bits per heavy atom. The Morgan fingerprint density at radius 1 is 1.16 bits per heavy atom. The number of rotatable bonds is 5. The fraction of sp³-hybridized carbons (Fsp3) is 0.857. The van der Waals surface area contributed by atoms with Crippen molar-refractivity contribution < 1.29 is 14.7 Å². The monoisotopic (exact) mass is 272 g/mol. The van der Waals surface area contributed by atoms with Crippen molar-refractivity contribution in [2.75, 3.05) is 6.54 Å². The van der Waals surface area contributed by atoms with E-state index in [1.165, 1.54) is 0 Å². The normalized spacial score (nSPS) is 15.8. The third kappa shape index (κ3) is 7.28. The molecule has 0 fully saturated rings. The minimum atomic E-state index is -1.05. The van der Waals surface area contributed by atoms with E-state index in [1.807, 2.05) is 20.8 Å². The summed E-state index contributed by atoms with van der Waals surface area (Å²) in [5.74, 6) is -0.368. The highest BCUT2D eigenvalue weighted by atomic mass is 16.3. The highest BCUT2D eigenvalue weighted by molar-refractivity contribution is 5.85. The molecule has 2 unspecified atom stereocenters. The number of nitrogens with two attached hydrogens (primary N) is 1. The Kier molecular flexibility index (Phi) is 6.16. The minimum absolute atomic E-state index is 0.00679. The summed E-state index contributed by atoms with van der Waals surface area (Å²) in [5, 5.41) is 12.4. The van der Waals surface area contributed by atoms with Gasteiger partial charge in [-0.3, -0.25) is 9.59 Å². The van der Waals surface area contributed by atoms with E-state index in [9.17, 15) is 14.7 Å². The number of ketones is 1. The topological polar surface area (TPSA) is 92.4 Å². The molecule has 0 saturated carbocycles. The molecular formula is C14H28N2O3. The van der Waals surface area contributed by atoms with Gasteiger partial charge in [-0.1, -0.05) is 41.5 Å². The minimum Gasteiger partial charge on any atom is -0.389 e. The van der Waals surface area contributed by atoms with Crippen molar-refractivity contribution in [1.29, 1.82) is 0 Å². The van der Waals surface area contributed by atoms with Crippen LogP contribution in [0.4, 0.5) is 0 Å². The molecule has 0 aliphatic carbocycles. The Labute approximate surface area is 115 Å². The van der Waals surface area contributed by atoms with Crippen LogP contribution in [0.1, 0.15) is 48.0 Å². The van der Waals surface area contributed by atoms with Gasteiger partial charge < -0.3 is 16.2 Å². The highest BCUT2D eigenvalue weighted by Crippen LogP contribution is 2.19. The molecule has 5 heteroatoms. The first kappa shape index (κ1) is 18.1. The molecule has 5 nitrogen and oxygen atoms in total. The van der Waals surface area contributed by atoms with Crippen molar-refractivity contribution in [3.8, 4) is 0 Å². The second-order valence-electron chi connectivity index (χ2n) is 7.26. The Bertz CT molecular complexity index is 327. The maximum atomic E-state index is 11.8. The molecule has 0 heterocycles. The van der Waals surface area contributed by atoms with Gasteiger partial charge in [-0.2, -0.15) is 0 Å². The van der Waals surface area contributed by atoms with Crippen molar-refractivity contribution in [2.24, 2.45) is 16.6 Å². The molecule has 0 spiro atoms. The molecule has 0 bridgehead atoms. The number of aliphatic hydroxyl groups is 1. The molecule has 0 saturated heterocycles. The second-order valence-corrected chi connectivity index (χ2v) is 7.26. The van der Waals surface area contributed by atoms with Crippen LogP contribution in [0.5, 0.6) is 0 Å². The highest BCUT2D eigenvalue weighted by Gasteiger charge is 2.28. The van der Waals surface area contributed by atoms with Gasteiger partial charge in [0.25, 0.3) is 0 Å². The lowest BCUT2D eigenvalue weighted by molar-refractivity contribution is -0.130. The molecule has 0 aliphatic heterocycles. The largest absolute Gasteiger partial charge is 0.389 e. The fourth-order valence-electron chi connectivity index (χ4n) is 1.44. The summed E-state index contributed by atoms with van der Waals surface area (Å²) in [7, 11) is 0. The number of amides is 1. The Hall–Kier alpha value is -0.940. The van der Waals surface area contributed by atoms with Gasteiger partial charge in [-0.15, -0.1) is 0 Å². The SMILES string of the molecule is CC(C)(C)CC(=O)C(N)C(O)CNC(=O)C(C)(C)C. The van der Waals surface area contributed by atoms with Crippen molar-refractivity contribution in [2.45, 2.75) is 60.1 Å². The van der Waals surface area contributed by atoms with Crippen molar-refractivity contribution in [3.63, 3.8) is 0 Å². The zero-order valence-electron chi connectivity index (χ0n) is 12.9. The fourth-order valence-corrected chi connectivity index (χ4v) is 1.44. The van der Waals surface area contributed by atoms with Crippen molar-refractivity contribution in [1.82, 2.24) is 5.32 Å². The van der Waals surface area contributed by atoms with Gasteiger partial charge >= 0.3 is 0 Å². The van der Waals surface area contributed by atoms with Crippen LogP contribution in [0.25, 0.3) is 0 Å². The first-order valence-corrected chi connectivity index (χ1v) is 6.59. The second kappa shape index (κ2) is 6.48. The van der Waals surface area contributed by atoms with Gasteiger partial charge in [0.1, 0.15) is 0 Å². The lowest BCUT2D eigenvalue weighted by Gasteiger charge is -2.24. The molecule has 0 aromatic carbocycles. The van der Waals surface area contributed by atoms with E-state index in [4.69, 9.17) is 5.73 Å². The number of carbonyl (C=O) groups is 2. The van der Waals surface area contributed by atoms with E-state index < -0.39 is 17.6 Å². The first-order chi connectivity index (χ1) is 8.34. The molecule has 4 N–H and O–H groups in total. The van der Waals surface area contributed by atoms with E-state index in [2.05, 4.69) is 5.32 Å². The van der Waals surface area contributed by atoms with E-state index in [0.29, 0.717) is 6.42 Å². The van der Waals surface area contributed by atoms with Crippen molar-refractivity contribution in [3.05, 3.63) is 0 Å². The van der Waals surface area contributed by atoms with E-state index in [0.717, 1.165) is 0 Å². The molecule has 0 aromatic heterocycles. The van der Waals surface area contributed by atoms with Gasteiger partial charge in [-0.05, 0) is 5.41 Å². The molecule has 19 heavy (non-hydrogen) atoms. The standard InChI is InChI=1S/C14H28N2O3/c1-13(2,3)7-9(17)11(15)10(18)8-16-12(19)14(4,5)6/h10-11,18H,7-8,15H2,1-6H3,(H,16,19). The summed E-state index contributed by atoms with van der Waals surface area (Å²) >= 11 is 0. The lowest BCUT2D eigenvalue weighted by atomic mass is 9.87. The number of hydrogen-bond donors (Lipinski definition) is 3. The van der Waals surface area contributed by atoms with Gasteiger partial charge in [0, 0.05) is 18.4 Å². The van der Waals surface area contributed by atoms with Crippen LogP contribution < -0.4 is 11.1 Å². The Morgan fingerprint density at radius 2 is 1.63 bits per heavy atom. The van der Waals surface area contributed by atoms with Crippen LogP contribution in [-0.4, -0.2) is 35.5 Å². The molecule has 0 aliphatic rings. The summed E-state index contributed by atoms with van der Waals surface area (Å²) in [4.78, 5) is 23.5. The first-order valence-electron chi connectivity index (χ1n) is 6.59. The van der Waals surface area contributed by atoms with E-state index >= 15 is 0 Å². The predicted octanol–water partition coefficient (Wildman–Crippen LogP) is 0.842. The predicted molar refractivity (Wildman–Crippen MR) is 75.5 cm³/mol. The van der Waals surface area contributed by atoms with Gasteiger partial charge in [-0.25, -0.2) is 0 Å². The molecule has 112 valence electrons. The number of nitrogens with one attached hydrogen (secondary N) is 1. The number of Topliss-reactive ketones (excluding diaryl/α,β-unsaturated/α-hetero) is 1. The lowest BCUT2D eigenvalue weighted by Crippen LogP contribution is -2.50. The number of hydrogen-bond acceptors (Lipinski definition) is 4. The van der Waals surface area contributed by atoms with Gasteiger partial charge in [0.2, 0.25) is 5.91 Å². The molecular weight excluding hydrogens is 244 g/mol. The number of aliphatic hydroxyl groups excluding tert-OH is 1. The quantitative estimate of drug-likeness (QED) is 0.691.